The molecule has 2 amide bonds. The minimum absolute atomic E-state index is 0.502. The molecule has 28 heavy (non-hydrogen) atoms. The summed E-state index contributed by atoms with van der Waals surface area (Å²) in [5.74, 6) is -1.01. The lowest BCUT2D eigenvalue weighted by atomic mass is 10.0. The topological polar surface area (TPSA) is 83.7 Å². The maximum atomic E-state index is 12.1. The lowest BCUT2D eigenvalue weighted by Gasteiger charge is -2.05. The summed E-state index contributed by atoms with van der Waals surface area (Å²) in [4.78, 5) is 24.1. The van der Waals surface area contributed by atoms with E-state index < -0.39 is 11.8 Å². The minimum Gasteiger partial charge on any atom is -0.454 e. The average Bonchev–Trinajstić information content (AvgIpc) is 3.05. The number of aryl methyl sites for hydroxylation is 3. The number of nitrogens with zero attached hydrogens (tertiary/aromatic N) is 1. The second-order valence-electron chi connectivity index (χ2n) is 6.72. The van der Waals surface area contributed by atoms with Gasteiger partial charge in [-0.1, -0.05) is 36.2 Å². The monoisotopic (exact) mass is 377 g/mol. The largest absolute Gasteiger partial charge is 0.454 e. The predicted molar refractivity (Wildman–Crippen MR) is 110 cm³/mol. The first kappa shape index (κ1) is 19.4. The number of furan rings is 1. The third-order valence-electron chi connectivity index (χ3n) is 4.47. The number of hydrogen-bond donors (Lipinski definition) is 2. The van der Waals surface area contributed by atoms with Gasteiger partial charge in [0.1, 0.15) is 11.3 Å². The molecule has 0 saturated heterocycles. The molecule has 3 aromatic rings. The number of hydrogen-bond acceptors (Lipinski definition) is 4. The van der Waals surface area contributed by atoms with Gasteiger partial charge in [0.05, 0.1) is 0 Å². The van der Waals surface area contributed by atoms with E-state index in [9.17, 15) is 9.59 Å². The van der Waals surface area contributed by atoms with E-state index in [1.807, 2.05) is 45.0 Å². The number of nitrogens with one attached hydrogen (secondary N) is 2. The van der Waals surface area contributed by atoms with E-state index in [0.29, 0.717) is 17.2 Å². The quantitative estimate of drug-likeness (QED) is 0.408. The first-order valence-corrected chi connectivity index (χ1v) is 9.13. The molecule has 3 rings (SSSR count). The molecule has 6 nitrogen and oxygen atoms in total. The van der Waals surface area contributed by atoms with E-state index in [0.717, 1.165) is 34.1 Å². The van der Waals surface area contributed by atoms with E-state index in [2.05, 4.69) is 21.9 Å². The summed E-state index contributed by atoms with van der Waals surface area (Å²) < 4.78 is 5.92. The van der Waals surface area contributed by atoms with Crippen molar-refractivity contribution in [1.29, 1.82) is 0 Å². The zero-order valence-corrected chi connectivity index (χ0v) is 16.4. The first-order valence-electron chi connectivity index (χ1n) is 9.13. The highest BCUT2D eigenvalue weighted by atomic mass is 16.3. The maximum absolute atomic E-state index is 12.1. The van der Waals surface area contributed by atoms with Crippen molar-refractivity contribution in [2.24, 2.45) is 5.10 Å². The third-order valence-corrected chi connectivity index (χ3v) is 4.47. The fourth-order valence-electron chi connectivity index (χ4n) is 2.97. The molecular formula is C22H23N3O3. The van der Waals surface area contributed by atoms with Crippen LogP contribution in [0, 0.1) is 13.8 Å². The summed E-state index contributed by atoms with van der Waals surface area (Å²) in [5.41, 5.74) is 7.36. The molecule has 0 atom stereocenters. The SMILES string of the molecule is CCc1c(/C(C)=N\NC(=O)C(=O)Nc2ccc(C)cc2)oc2ccc(C)cc12. The lowest BCUT2D eigenvalue weighted by Crippen LogP contribution is -2.33. The van der Waals surface area contributed by atoms with Crippen LogP contribution >= 0.6 is 0 Å². The van der Waals surface area contributed by atoms with E-state index in [1.165, 1.54) is 0 Å². The van der Waals surface area contributed by atoms with Crippen LogP contribution in [0.2, 0.25) is 0 Å². The van der Waals surface area contributed by atoms with Crippen molar-refractivity contribution in [3.63, 3.8) is 0 Å². The van der Waals surface area contributed by atoms with Crippen LogP contribution < -0.4 is 10.7 Å². The summed E-state index contributed by atoms with van der Waals surface area (Å²) in [5, 5.41) is 7.64. The average molecular weight is 377 g/mol. The highest BCUT2D eigenvalue weighted by molar-refractivity contribution is 6.39. The Balaban J connectivity index is 1.74. The number of anilines is 1. The lowest BCUT2D eigenvalue weighted by molar-refractivity contribution is -0.136. The van der Waals surface area contributed by atoms with E-state index >= 15 is 0 Å². The fraction of sp³-hybridized carbons (Fsp3) is 0.227. The zero-order valence-electron chi connectivity index (χ0n) is 16.4. The van der Waals surface area contributed by atoms with Gasteiger partial charge in [0.25, 0.3) is 0 Å². The van der Waals surface area contributed by atoms with Crippen LogP contribution in [0.4, 0.5) is 5.69 Å². The summed E-state index contributed by atoms with van der Waals surface area (Å²) in [6, 6.07) is 13.2. The number of hydrazone groups is 1. The van der Waals surface area contributed by atoms with Crippen LogP contribution in [0.3, 0.4) is 0 Å². The van der Waals surface area contributed by atoms with Crippen molar-refractivity contribution in [3.8, 4) is 0 Å². The molecule has 0 bridgehead atoms. The van der Waals surface area contributed by atoms with E-state index in [-0.39, 0.29) is 0 Å². The smallest absolute Gasteiger partial charge is 0.329 e. The molecule has 0 aliphatic carbocycles. The Labute approximate surface area is 163 Å². The molecule has 144 valence electrons. The standard InChI is InChI=1S/C22H23N3O3/c1-5-17-18-12-14(3)8-11-19(18)28-20(17)15(4)24-25-22(27)21(26)23-16-9-6-13(2)7-10-16/h6-12H,5H2,1-4H3,(H,23,26)(H,25,27)/b24-15-. The maximum Gasteiger partial charge on any atom is 0.329 e. The molecule has 6 heteroatoms. The molecule has 2 N–H and O–H groups in total. The van der Waals surface area contributed by atoms with Crippen LogP contribution in [-0.4, -0.2) is 17.5 Å². The first-order chi connectivity index (χ1) is 13.4. The van der Waals surface area contributed by atoms with Crippen molar-refractivity contribution in [1.82, 2.24) is 5.43 Å². The van der Waals surface area contributed by atoms with Crippen LogP contribution in [0.1, 0.15) is 36.3 Å². The second-order valence-corrected chi connectivity index (χ2v) is 6.72. The Bertz CT molecular complexity index is 1060. The van der Waals surface area contributed by atoms with Gasteiger partial charge >= 0.3 is 11.8 Å². The van der Waals surface area contributed by atoms with E-state index in [1.54, 1.807) is 19.1 Å². The molecule has 0 unspecified atom stereocenters. The second kappa shape index (κ2) is 8.08. The van der Waals surface area contributed by atoms with Gasteiger partial charge in [-0.15, -0.1) is 0 Å². The van der Waals surface area contributed by atoms with Crippen molar-refractivity contribution >= 4 is 34.2 Å². The third kappa shape index (κ3) is 4.11. The number of carbonyl (C=O) groups excluding carboxylic acids is 2. The van der Waals surface area contributed by atoms with Crippen LogP contribution in [0.25, 0.3) is 11.0 Å². The van der Waals surface area contributed by atoms with Gasteiger partial charge in [0, 0.05) is 16.6 Å². The van der Waals surface area contributed by atoms with Crippen LogP contribution in [0.5, 0.6) is 0 Å². The number of rotatable bonds is 4. The molecule has 0 aliphatic rings. The van der Waals surface area contributed by atoms with Gasteiger partial charge in [-0.3, -0.25) is 9.59 Å². The van der Waals surface area contributed by atoms with Gasteiger partial charge in [-0.25, -0.2) is 5.43 Å². The predicted octanol–water partition coefficient (Wildman–Crippen LogP) is 4.09. The Morgan fingerprint density at radius 1 is 1.00 bits per heavy atom. The number of carbonyl (C=O) groups is 2. The summed E-state index contributed by atoms with van der Waals surface area (Å²) in [6.45, 7) is 7.75. The van der Waals surface area contributed by atoms with Crippen molar-refractivity contribution < 1.29 is 14.0 Å². The van der Waals surface area contributed by atoms with Gasteiger partial charge in [0.15, 0.2) is 5.76 Å². The van der Waals surface area contributed by atoms with Gasteiger partial charge in [-0.2, -0.15) is 5.10 Å². The molecular weight excluding hydrogens is 354 g/mol. The zero-order chi connectivity index (χ0) is 20.3. The summed E-state index contributed by atoms with van der Waals surface area (Å²) in [6.07, 6.45) is 0.764. The van der Waals surface area contributed by atoms with Crippen LogP contribution in [-0.2, 0) is 16.0 Å². The number of fused-ring (bicyclic) bond motifs is 1. The van der Waals surface area contributed by atoms with E-state index in [4.69, 9.17) is 4.42 Å². The molecule has 2 aromatic carbocycles. The molecule has 1 aromatic heterocycles. The highest BCUT2D eigenvalue weighted by Crippen LogP contribution is 2.28. The molecule has 0 aliphatic heterocycles. The number of amides is 2. The van der Waals surface area contributed by atoms with Gasteiger partial charge in [0.2, 0.25) is 0 Å². The number of benzene rings is 2. The van der Waals surface area contributed by atoms with Gasteiger partial charge < -0.3 is 9.73 Å². The fourth-order valence-corrected chi connectivity index (χ4v) is 2.97. The van der Waals surface area contributed by atoms with Crippen molar-refractivity contribution in [3.05, 3.63) is 64.9 Å². The Hall–Kier alpha value is -3.41. The Kier molecular flexibility index (Phi) is 5.59. The Morgan fingerprint density at radius 3 is 2.36 bits per heavy atom. The van der Waals surface area contributed by atoms with Crippen LogP contribution in [0.15, 0.2) is 52.0 Å². The van der Waals surface area contributed by atoms with Gasteiger partial charge in [-0.05, 0) is 51.5 Å². The molecule has 1 heterocycles. The van der Waals surface area contributed by atoms with Crippen molar-refractivity contribution in [2.75, 3.05) is 5.32 Å². The Morgan fingerprint density at radius 2 is 1.68 bits per heavy atom. The summed E-state index contributed by atoms with van der Waals surface area (Å²) >= 11 is 0. The normalized spacial score (nSPS) is 11.5. The highest BCUT2D eigenvalue weighted by Gasteiger charge is 2.17. The minimum atomic E-state index is -0.843. The molecule has 0 spiro atoms. The summed E-state index contributed by atoms with van der Waals surface area (Å²) in [7, 11) is 0. The van der Waals surface area contributed by atoms with Crippen molar-refractivity contribution in [2.45, 2.75) is 34.1 Å². The molecule has 0 fully saturated rings. The molecule has 0 saturated carbocycles. The molecule has 0 radical (unpaired) electrons.